The third-order valence-corrected chi connectivity index (χ3v) is 5.76. The van der Waals surface area contributed by atoms with E-state index < -0.39 is 12.6 Å². The molecule has 0 amide bonds. The molecule has 0 spiro atoms. The second kappa shape index (κ2) is 12.8. The standard InChI is InChI=1S/C18H15F2N3O.C8H15NO2/c1-12-2-6-15(7-3-12)23-18-21-10-14(11-22-18)13-4-8-16(9-5-13)24-17(19)20;1-2-9-5-3-7(4-6-9)8(10)11/h2-11,17H,1H3,(H,21,22,23);7H,2-6H2,1H3,(H,10,11). The van der Waals surface area contributed by atoms with E-state index >= 15 is 0 Å². The number of carboxylic acids is 1. The number of aromatic nitrogens is 2. The monoisotopic (exact) mass is 484 g/mol. The van der Waals surface area contributed by atoms with Crippen LogP contribution in [-0.2, 0) is 4.79 Å². The number of hydrogen-bond donors (Lipinski definition) is 2. The largest absolute Gasteiger partial charge is 0.481 e. The summed E-state index contributed by atoms with van der Waals surface area (Å²) in [6.45, 7) is 4.26. The molecule has 2 heterocycles. The summed E-state index contributed by atoms with van der Waals surface area (Å²) < 4.78 is 28.6. The van der Waals surface area contributed by atoms with Gasteiger partial charge < -0.3 is 20.1 Å². The zero-order valence-electron chi connectivity index (χ0n) is 19.8. The molecule has 0 atom stereocenters. The molecule has 0 bridgehead atoms. The van der Waals surface area contributed by atoms with Crippen LogP contribution in [0.1, 0.15) is 25.3 Å². The van der Waals surface area contributed by atoms with Crippen LogP contribution in [-0.4, -0.2) is 52.2 Å². The maximum atomic E-state index is 12.1. The fourth-order valence-electron chi connectivity index (χ4n) is 3.63. The maximum Gasteiger partial charge on any atom is 0.387 e. The molecule has 7 nitrogen and oxygen atoms in total. The number of benzene rings is 2. The summed E-state index contributed by atoms with van der Waals surface area (Å²) in [6, 6.07) is 14.2. The smallest absolute Gasteiger partial charge is 0.387 e. The van der Waals surface area contributed by atoms with Crippen LogP contribution in [0.2, 0.25) is 0 Å². The number of carboxylic acid groups (broad SMARTS) is 1. The minimum atomic E-state index is -2.83. The lowest BCUT2D eigenvalue weighted by Gasteiger charge is -2.28. The molecule has 35 heavy (non-hydrogen) atoms. The predicted octanol–water partition coefficient (Wildman–Crippen LogP) is 5.60. The van der Waals surface area contributed by atoms with Gasteiger partial charge in [-0.1, -0.05) is 36.8 Å². The quantitative estimate of drug-likeness (QED) is 0.451. The van der Waals surface area contributed by atoms with Gasteiger partial charge in [0.2, 0.25) is 5.95 Å². The van der Waals surface area contributed by atoms with Crippen molar-refractivity contribution in [3.63, 3.8) is 0 Å². The molecule has 0 aliphatic carbocycles. The number of nitrogens with one attached hydrogen (secondary N) is 1. The first-order chi connectivity index (χ1) is 16.8. The van der Waals surface area contributed by atoms with Gasteiger partial charge in [-0.2, -0.15) is 8.78 Å². The highest BCUT2D eigenvalue weighted by molar-refractivity contribution is 5.70. The molecule has 9 heteroatoms. The lowest BCUT2D eigenvalue weighted by molar-refractivity contribution is -0.143. The Labute approximate surface area is 203 Å². The molecule has 1 fully saturated rings. The van der Waals surface area contributed by atoms with E-state index in [1.165, 1.54) is 17.7 Å². The van der Waals surface area contributed by atoms with Gasteiger partial charge in [-0.15, -0.1) is 0 Å². The van der Waals surface area contributed by atoms with Crippen LogP contribution < -0.4 is 10.1 Å². The first kappa shape index (κ1) is 26.0. The number of likely N-dealkylation sites (tertiary alicyclic amines) is 1. The molecular formula is C26H30F2N4O3. The van der Waals surface area contributed by atoms with Crippen molar-refractivity contribution in [2.24, 2.45) is 5.92 Å². The molecule has 1 aromatic heterocycles. The first-order valence-electron chi connectivity index (χ1n) is 11.5. The predicted molar refractivity (Wildman–Crippen MR) is 131 cm³/mol. The third-order valence-electron chi connectivity index (χ3n) is 5.76. The number of carbonyl (C=O) groups is 1. The highest BCUT2D eigenvalue weighted by Crippen LogP contribution is 2.23. The third kappa shape index (κ3) is 8.29. The molecule has 1 saturated heterocycles. The van der Waals surface area contributed by atoms with Gasteiger partial charge in [0.05, 0.1) is 5.92 Å². The summed E-state index contributed by atoms with van der Waals surface area (Å²) >= 11 is 0. The maximum absolute atomic E-state index is 12.1. The molecule has 0 radical (unpaired) electrons. The summed E-state index contributed by atoms with van der Waals surface area (Å²) in [5.41, 5.74) is 3.68. The molecule has 2 aromatic carbocycles. The minimum Gasteiger partial charge on any atom is -0.481 e. The van der Waals surface area contributed by atoms with Gasteiger partial charge >= 0.3 is 12.6 Å². The van der Waals surface area contributed by atoms with Crippen molar-refractivity contribution in [2.45, 2.75) is 33.3 Å². The molecular weight excluding hydrogens is 454 g/mol. The van der Waals surface area contributed by atoms with Crippen LogP contribution in [0.25, 0.3) is 11.1 Å². The summed E-state index contributed by atoms with van der Waals surface area (Å²) in [5, 5.41) is 11.8. The number of aryl methyl sites for hydroxylation is 1. The fraction of sp³-hybridized carbons (Fsp3) is 0.346. The highest BCUT2D eigenvalue weighted by Gasteiger charge is 2.23. The van der Waals surface area contributed by atoms with Crippen molar-refractivity contribution in [3.05, 3.63) is 66.5 Å². The number of hydrogen-bond acceptors (Lipinski definition) is 6. The van der Waals surface area contributed by atoms with Gasteiger partial charge in [0.25, 0.3) is 0 Å². The van der Waals surface area contributed by atoms with E-state index in [2.05, 4.69) is 31.8 Å². The SMILES string of the molecule is CCN1CCC(C(=O)O)CC1.Cc1ccc(Nc2ncc(-c3ccc(OC(F)F)cc3)cn2)cc1. The summed E-state index contributed by atoms with van der Waals surface area (Å²) in [7, 11) is 0. The summed E-state index contributed by atoms with van der Waals surface area (Å²) in [6.07, 6.45) is 4.99. The molecule has 0 saturated carbocycles. The van der Waals surface area contributed by atoms with Gasteiger partial charge in [-0.3, -0.25) is 4.79 Å². The lowest BCUT2D eigenvalue weighted by atomic mass is 9.97. The first-order valence-corrected chi connectivity index (χ1v) is 11.5. The van der Waals surface area contributed by atoms with Crippen molar-refractivity contribution < 1.29 is 23.4 Å². The average molecular weight is 485 g/mol. The number of anilines is 2. The molecule has 2 N–H and O–H groups in total. The van der Waals surface area contributed by atoms with Crippen LogP contribution in [0.3, 0.4) is 0 Å². The second-order valence-corrected chi connectivity index (χ2v) is 8.24. The Morgan fingerprint density at radius 2 is 1.66 bits per heavy atom. The molecule has 1 aliphatic rings. The number of halogens is 2. The molecule has 0 unspecified atom stereocenters. The molecule has 4 rings (SSSR count). The molecule has 1 aliphatic heterocycles. The Kier molecular flexibility index (Phi) is 9.48. The van der Waals surface area contributed by atoms with Crippen molar-refractivity contribution in [3.8, 4) is 16.9 Å². The Bertz CT molecular complexity index is 1050. The van der Waals surface area contributed by atoms with Gasteiger partial charge in [0.1, 0.15) is 5.75 Å². The fourth-order valence-corrected chi connectivity index (χ4v) is 3.63. The highest BCUT2D eigenvalue weighted by atomic mass is 19.3. The second-order valence-electron chi connectivity index (χ2n) is 8.24. The van der Waals surface area contributed by atoms with Crippen LogP contribution in [0.4, 0.5) is 20.4 Å². The molecule has 186 valence electrons. The zero-order chi connectivity index (χ0) is 25.2. The Hall–Kier alpha value is -3.59. The Morgan fingerprint density at radius 1 is 1.06 bits per heavy atom. The van der Waals surface area contributed by atoms with E-state index in [1.54, 1.807) is 24.5 Å². The number of rotatable bonds is 7. The van der Waals surface area contributed by atoms with Crippen molar-refractivity contribution in [1.29, 1.82) is 0 Å². The van der Waals surface area contributed by atoms with E-state index in [0.717, 1.165) is 49.3 Å². The average Bonchev–Trinajstić information content (AvgIpc) is 2.86. The van der Waals surface area contributed by atoms with E-state index in [9.17, 15) is 13.6 Å². The Balaban J connectivity index is 0.000000261. The van der Waals surface area contributed by atoms with E-state index in [1.807, 2.05) is 31.2 Å². The number of ether oxygens (including phenoxy) is 1. The number of alkyl halides is 2. The Morgan fingerprint density at radius 3 is 2.17 bits per heavy atom. The van der Waals surface area contributed by atoms with Crippen molar-refractivity contribution in [2.75, 3.05) is 25.0 Å². The van der Waals surface area contributed by atoms with Gasteiger partial charge in [-0.25, -0.2) is 9.97 Å². The van der Waals surface area contributed by atoms with Crippen molar-refractivity contribution in [1.82, 2.24) is 14.9 Å². The van der Waals surface area contributed by atoms with E-state index in [0.29, 0.717) is 5.95 Å². The summed E-state index contributed by atoms with van der Waals surface area (Å²) in [4.78, 5) is 21.4. The van der Waals surface area contributed by atoms with Crippen LogP contribution >= 0.6 is 0 Å². The normalized spacial score (nSPS) is 14.2. The topological polar surface area (TPSA) is 87.6 Å². The van der Waals surface area contributed by atoms with Gasteiger partial charge in [0, 0.05) is 23.6 Å². The molecule has 3 aromatic rings. The zero-order valence-corrected chi connectivity index (χ0v) is 19.8. The van der Waals surface area contributed by atoms with Gasteiger partial charge in [-0.05, 0) is 69.2 Å². The summed E-state index contributed by atoms with van der Waals surface area (Å²) in [5.74, 6) is -0.105. The van der Waals surface area contributed by atoms with Crippen LogP contribution in [0.5, 0.6) is 5.75 Å². The lowest BCUT2D eigenvalue weighted by Crippen LogP contribution is -2.35. The van der Waals surface area contributed by atoms with Gasteiger partial charge in [0.15, 0.2) is 0 Å². The van der Waals surface area contributed by atoms with Crippen LogP contribution in [0.15, 0.2) is 60.9 Å². The van der Waals surface area contributed by atoms with E-state index in [-0.39, 0.29) is 11.7 Å². The number of nitrogens with zero attached hydrogens (tertiary/aromatic N) is 3. The van der Waals surface area contributed by atoms with Crippen molar-refractivity contribution >= 4 is 17.6 Å². The number of aliphatic carboxylic acids is 1. The van der Waals surface area contributed by atoms with E-state index in [4.69, 9.17) is 5.11 Å². The number of piperidine rings is 1. The van der Waals surface area contributed by atoms with Crippen LogP contribution in [0, 0.1) is 12.8 Å². The minimum absolute atomic E-state index is 0.0854.